The second-order valence-corrected chi connectivity index (χ2v) is 7.12. The van der Waals surface area contributed by atoms with E-state index >= 15 is 0 Å². The van der Waals surface area contributed by atoms with Gasteiger partial charge in [-0.2, -0.15) is 0 Å². The maximum Gasteiger partial charge on any atom is 0.236 e. The SMILES string of the molecule is CO[C@@H]1C[C@H](O)C12CCN(C(=O)CN(C)Cc1cccnc1)CC2. The Labute approximate surface area is 143 Å². The van der Waals surface area contributed by atoms with E-state index in [1.54, 1.807) is 13.3 Å². The first-order valence-corrected chi connectivity index (χ1v) is 8.61. The summed E-state index contributed by atoms with van der Waals surface area (Å²) in [6, 6.07) is 3.92. The Morgan fingerprint density at radius 3 is 2.83 bits per heavy atom. The van der Waals surface area contributed by atoms with Crippen molar-refractivity contribution < 1.29 is 14.6 Å². The minimum atomic E-state index is -0.284. The molecule has 2 heterocycles. The molecule has 6 nitrogen and oxygen atoms in total. The smallest absolute Gasteiger partial charge is 0.236 e. The quantitative estimate of drug-likeness (QED) is 0.867. The number of methoxy groups -OCH3 is 1. The number of aliphatic hydroxyl groups is 1. The highest BCUT2D eigenvalue weighted by molar-refractivity contribution is 5.78. The lowest BCUT2D eigenvalue weighted by molar-refractivity contribution is -0.202. The van der Waals surface area contributed by atoms with Gasteiger partial charge in [0.2, 0.25) is 5.91 Å². The Kier molecular flexibility index (Phi) is 5.18. The summed E-state index contributed by atoms with van der Waals surface area (Å²) in [7, 11) is 3.66. The molecule has 1 spiro atoms. The Bertz CT molecular complexity index is 558. The molecule has 1 N–H and O–H groups in total. The fourth-order valence-electron chi connectivity index (χ4n) is 4.07. The van der Waals surface area contributed by atoms with Crippen LogP contribution in [0.2, 0.25) is 0 Å². The lowest BCUT2D eigenvalue weighted by atomic mass is 9.58. The minimum absolute atomic E-state index is 0.132. The molecule has 1 aliphatic heterocycles. The number of carbonyl (C=O) groups is 1. The number of rotatable bonds is 5. The predicted molar refractivity (Wildman–Crippen MR) is 90.2 cm³/mol. The van der Waals surface area contributed by atoms with Gasteiger partial charge in [0.1, 0.15) is 0 Å². The van der Waals surface area contributed by atoms with Crippen molar-refractivity contribution in [3.05, 3.63) is 30.1 Å². The van der Waals surface area contributed by atoms with Crippen LogP contribution in [-0.4, -0.2) is 71.8 Å². The van der Waals surface area contributed by atoms with E-state index in [0.717, 1.165) is 24.8 Å². The van der Waals surface area contributed by atoms with E-state index in [1.165, 1.54) is 0 Å². The number of likely N-dealkylation sites (tertiary alicyclic amines) is 1. The van der Waals surface area contributed by atoms with Crippen LogP contribution >= 0.6 is 0 Å². The molecule has 1 aliphatic carbocycles. The van der Waals surface area contributed by atoms with Gasteiger partial charge in [0, 0.05) is 51.0 Å². The summed E-state index contributed by atoms with van der Waals surface area (Å²) in [5, 5.41) is 10.2. The summed E-state index contributed by atoms with van der Waals surface area (Å²) in [5.74, 6) is 0.152. The third-order valence-corrected chi connectivity index (χ3v) is 5.65. The number of aliphatic hydroxyl groups excluding tert-OH is 1. The maximum absolute atomic E-state index is 12.5. The number of pyridine rings is 1. The van der Waals surface area contributed by atoms with Gasteiger partial charge in [-0.3, -0.25) is 14.7 Å². The molecule has 1 saturated heterocycles. The van der Waals surface area contributed by atoms with E-state index in [-0.39, 0.29) is 23.5 Å². The van der Waals surface area contributed by atoms with Gasteiger partial charge in [0.25, 0.3) is 0 Å². The Morgan fingerprint density at radius 2 is 2.25 bits per heavy atom. The second kappa shape index (κ2) is 7.17. The minimum Gasteiger partial charge on any atom is -0.392 e. The van der Waals surface area contributed by atoms with Crippen LogP contribution in [0.5, 0.6) is 0 Å². The van der Waals surface area contributed by atoms with Crippen LogP contribution in [0.4, 0.5) is 0 Å². The van der Waals surface area contributed by atoms with Crippen molar-refractivity contribution in [3.8, 4) is 0 Å². The Balaban J connectivity index is 1.48. The normalized spacial score (nSPS) is 25.8. The first kappa shape index (κ1) is 17.3. The van der Waals surface area contributed by atoms with Crippen molar-refractivity contribution in [1.82, 2.24) is 14.8 Å². The summed E-state index contributed by atoms with van der Waals surface area (Å²) in [4.78, 5) is 20.6. The van der Waals surface area contributed by atoms with Crippen LogP contribution in [0.1, 0.15) is 24.8 Å². The summed E-state index contributed by atoms with van der Waals surface area (Å²) in [5.41, 5.74) is 0.971. The molecule has 1 amide bonds. The van der Waals surface area contributed by atoms with E-state index in [2.05, 4.69) is 4.98 Å². The summed E-state index contributed by atoms with van der Waals surface area (Å²) >= 11 is 0. The zero-order valence-electron chi connectivity index (χ0n) is 14.5. The number of hydrogen-bond acceptors (Lipinski definition) is 5. The third kappa shape index (κ3) is 3.31. The molecular formula is C18H27N3O3. The topological polar surface area (TPSA) is 65.9 Å². The van der Waals surface area contributed by atoms with Gasteiger partial charge in [-0.25, -0.2) is 0 Å². The van der Waals surface area contributed by atoms with Gasteiger partial charge in [-0.05, 0) is 31.5 Å². The molecule has 6 heteroatoms. The van der Waals surface area contributed by atoms with Gasteiger partial charge >= 0.3 is 0 Å². The van der Waals surface area contributed by atoms with Gasteiger partial charge in [-0.1, -0.05) is 6.07 Å². The fraction of sp³-hybridized carbons (Fsp3) is 0.667. The molecule has 0 aromatic carbocycles. The molecule has 2 aliphatic rings. The van der Waals surface area contributed by atoms with Crippen molar-refractivity contribution in [2.75, 3.05) is 33.8 Å². The van der Waals surface area contributed by atoms with Crippen molar-refractivity contribution in [1.29, 1.82) is 0 Å². The zero-order valence-corrected chi connectivity index (χ0v) is 14.5. The van der Waals surface area contributed by atoms with Gasteiger partial charge in [0.15, 0.2) is 0 Å². The van der Waals surface area contributed by atoms with Crippen molar-refractivity contribution in [2.24, 2.45) is 5.41 Å². The highest BCUT2D eigenvalue weighted by Gasteiger charge is 2.56. The van der Waals surface area contributed by atoms with E-state index < -0.39 is 0 Å². The first-order chi connectivity index (χ1) is 11.5. The average Bonchev–Trinajstić information content (AvgIpc) is 2.60. The molecule has 0 bridgehead atoms. The third-order valence-electron chi connectivity index (χ3n) is 5.65. The van der Waals surface area contributed by atoms with Crippen LogP contribution < -0.4 is 0 Å². The molecular weight excluding hydrogens is 306 g/mol. The second-order valence-electron chi connectivity index (χ2n) is 7.12. The van der Waals surface area contributed by atoms with Gasteiger partial charge in [0.05, 0.1) is 18.8 Å². The molecule has 0 radical (unpaired) electrons. The largest absolute Gasteiger partial charge is 0.392 e. The monoisotopic (exact) mass is 333 g/mol. The number of hydrogen-bond donors (Lipinski definition) is 1. The molecule has 132 valence electrons. The summed E-state index contributed by atoms with van der Waals surface area (Å²) in [6.07, 6.45) is 5.80. The molecule has 24 heavy (non-hydrogen) atoms. The standard InChI is InChI=1S/C18H27N3O3/c1-20(12-14-4-3-7-19-11-14)13-17(23)21-8-5-18(6-9-21)15(22)10-16(18)24-2/h3-4,7,11,15-16,22H,5-6,8-10,12-13H2,1-2H3/t15-,16+/m0/s1. The molecule has 1 aromatic rings. The van der Waals surface area contributed by atoms with Crippen LogP contribution in [0, 0.1) is 5.41 Å². The lowest BCUT2D eigenvalue weighted by Gasteiger charge is -2.56. The number of piperidine rings is 1. The van der Waals surface area contributed by atoms with Crippen molar-refractivity contribution in [2.45, 2.75) is 38.0 Å². The average molecular weight is 333 g/mol. The maximum atomic E-state index is 12.5. The molecule has 1 saturated carbocycles. The first-order valence-electron chi connectivity index (χ1n) is 8.61. The van der Waals surface area contributed by atoms with E-state index in [4.69, 9.17) is 4.74 Å². The van der Waals surface area contributed by atoms with Crippen LogP contribution in [0.15, 0.2) is 24.5 Å². The Hall–Kier alpha value is -1.50. The molecule has 1 aromatic heterocycles. The highest BCUT2D eigenvalue weighted by Crippen LogP contribution is 2.50. The molecule has 2 atom stereocenters. The van der Waals surface area contributed by atoms with Crippen LogP contribution in [0.3, 0.4) is 0 Å². The number of carbonyl (C=O) groups excluding carboxylic acids is 1. The van der Waals surface area contributed by atoms with Crippen LogP contribution in [0.25, 0.3) is 0 Å². The molecule has 2 fully saturated rings. The fourth-order valence-corrected chi connectivity index (χ4v) is 4.07. The van der Waals surface area contributed by atoms with Crippen molar-refractivity contribution in [3.63, 3.8) is 0 Å². The van der Waals surface area contributed by atoms with Gasteiger partial charge in [-0.15, -0.1) is 0 Å². The summed E-state index contributed by atoms with van der Waals surface area (Å²) < 4.78 is 5.50. The predicted octanol–water partition coefficient (Wildman–Crippen LogP) is 0.902. The zero-order chi connectivity index (χ0) is 17.2. The van der Waals surface area contributed by atoms with Crippen molar-refractivity contribution >= 4 is 5.91 Å². The summed E-state index contributed by atoms with van der Waals surface area (Å²) in [6.45, 7) is 2.52. The highest BCUT2D eigenvalue weighted by atomic mass is 16.5. The molecule has 0 unspecified atom stereocenters. The number of ether oxygens (including phenoxy) is 1. The number of nitrogens with zero attached hydrogens (tertiary/aromatic N) is 3. The molecule has 3 rings (SSSR count). The van der Waals surface area contributed by atoms with E-state index in [0.29, 0.717) is 26.2 Å². The number of amides is 1. The van der Waals surface area contributed by atoms with E-state index in [9.17, 15) is 9.90 Å². The van der Waals surface area contributed by atoms with Crippen LogP contribution in [-0.2, 0) is 16.1 Å². The van der Waals surface area contributed by atoms with E-state index in [1.807, 2.05) is 35.2 Å². The number of likely N-dealkylation sites (N-methyl/N-ethyl adjacent to an activating group) is 1. The Morgan fingerprint density at radius 1 is 1.50 bits per heavy atom. The van der Waals surface area contributed by atoms with Gasteiger partial charge < -0.3 is 14.7 Å². The number of aromatic nitrogens is 1. The lowest BCUT2D eigenvalue weighted by Crippen LogP contribution is -2.62.